The SMILES string of the molecule is Cc1cccc(C(=O)N(C)Cc2ccccc2N)c1C. The third-order valence-electron chi connectivity index (χ3n) is 3.64. The first kappa shape index (κ1) is 14.1. The maximum atomic E-state index is 12.5. The zero-order chi connectivity index (χ0) is 14.7. The van der Waals surface area contributed by atoms with Gasteiger partial charge in [0.1, 0.15) is 0 Å². The number of hydrogen-bond donors (Lipinski definition) is 1. The zero-order valence-electron chi connectivity index (χ0n) is 12.2. The number of carbonyl (C=O) groups excluding carboxylic acids is 1. The summed E-state index contributed by atoms with van der Waals surface area (Å²) in [5, 5.41) is 0. The van der Waals surface area contributed by atoms with Crippen LogP contribution in [0, 0.1) is 13.8 Å². The lowest BCUT2D eigenvalue weighted by Crippen LogP contribution is -2.27. The minimum absolute atomic E-state index is 0.0226. The number of nitrogens with two attached hydrogens (primary N) is 1. The first-order valence-electron chi connectivity index (χ1n) is 6.65. The van der Waals surface area contributed by atoms with E-state index in [9.17, 15) is 4.79 Å². The Kier molecular flexibility index (Phi) is 4.08. The van der Waals surface area contributed by atoms with Gasteiger partial charge >= 0.3 is 0 Å². The molecule has 0 saturated heterocycles. The molecule has 3 nitrogen and oxygen atoms in total. The molecule has 0 aliphatic carbocycles. The van der Waals surface area contributed by atoms with Crippen LogP contribution in [0.25, 0.3) is 0 Å². The van der Waals surface area contributed by atoms with E-state index in [1.165, 1.54) is 0 Å². The van der Waals surface area contributed by atoms with Gasteiger partial charge in [-0.25, -0.2) is 0 Å². The standard InChI is InChI=1S/C17H20N2O/c1-12-7-6-9-15(13(12)2)17(20)19(3)11-14-8-4-5-10-16(14)18/h4-10H,11,18H2,1-3H3. The molecule has 0 bridgehead atoms. The van der Waals surface area contributed by atoms with Crippen molar-refractivity contribution >= 4 is 11.6 Å². The molecule has 0 spiro atoms. The first-order valence-corrected chi connectivity index (χ1v) is 6.65. The molecule has 2 aromatic carbocycles. The van der Waals surface area contributed by atoms with E-state index in [1.54, 1.807) is 11.9 Å². The smallest absolute Gasteiger partial charge is 0.254 e. The van der Waals surface area contributed by atoms with Crippen molar-refractivity contribution in [2.45, 2.75) is 20.4 Å². The van der Waals surface area contributed by atoms with Crippen LogP contribution in [0.1, 0.15) is 27.0 Å². The molecule has 104 valence electrons. The van der Waals surface area contributed by atoms with Gasteiger partial charge in [-0.15, -0.1) is 0 Å². The number of amides is 1. The molecule has 1 amide bonds. The van der Waals surface area contributed by atoms with Gasteiger partial charge in [-0.1, -0.05) is 30.3 Å². The van der Waals surface area contributed by atoms with E-state index >= 15 is 0 Å². The molecule has 0 radical (unpaired) electrons. The van der Waals surface area contributed by atoms with Gasteiger partial charge in [-0.3, -0.25) is 4.79 Å². The molecule has 20 heavy (non-hydrogen) atoms. The van der Waals surface area contributed by atoms with E-state index in [0.717, 1.165) is 22.3 Å². The highest BCUT2D eigenvalue weighted by molar-refractivity contribution is 5.95. The second-order valence-electron chi connectivity index (χ2n) is 5.11. The number of nitrogens with zero attached hydrogens (tertiary/aromatic N) is 1. The van der Waals surface area contributed by atoms with Crippen LogP contribution in [0.3, 0.4) is 0 Å². The lowest BCUT2D eigenvalue weighted by atomic mass is 10.0. The van der Waals surface area contributed by atoms with Gasteiger partial charge in [-0.2, -0.15) is 0 Å². The van der Waals surface area contributed by atoms with Crippen molar-refractivity contribution in [3.8, 4) is 0 Å². The van der Waals surface area contributed by atoms with Gasteiger partial charge in [0.15, 0.2) is 0 Å². The van der Waals surface area contributed by atoms with Gasteiger partial charge in [-0.05, 0) is 42.7 Å². The van der Waals surface area contributed by atoms with Crippen LogP contribution >= 0.6 is 0 Å². The van der Waals surface area contributed by atoms with E-state index in [1.807, 2.05) is 56.3 Å². The van der Waals surface area contributed by atoms with Gasteiger partial charge < -0.3 is 10.6 Å². The summed E-state index contributed by atoms with van der Waals surface area (Å²) in [6.45, 7) is 4.51. The molecule has 2 N–H and O–H groups in total. The summed E-state index contributed by atoms with van der Waals surface area (Å²) in [6.07, 6.45) is 0. The first-order chi connectivity index (χ1) is 9.50. The predicted molar refractivity (Wildman–Crippen MR) is 82.6 cm³/mol. The number of para-hydroxylation sites is 1. The Bertz CT molecular complexity index is 635. The molecule has 0 atom stereocenters. The topological polar surface area (TPSA) is 46.3 Å². The summed E-state index contributed by atoms with van der Waals surface area (Å²) in [6, 6.07) is 13.4. The maximum Gasteiger partial charge on any atom is 0.254 e. The highest BCUT2D eigenvalue weighted by Crippen LogP contribution is 2.17. The van der Waals surface area contributed by atoms with Crippen LogP contribution in [0.2, 0.25) is 0 Å². The maximum absolute atomic E-state index is 12.5. The molecule has 0 unspecified atom stereocenters. The van der Waals surface area contributed by atoms with E-state index in [-0.39, 0.29) is 5.91 Å². The van der Waals surface area contributed by atoms with Crippen molar-refractivity contribution in [3.63, 3.8) is 0 Å². The average molecular weight is 268 g/mol. The van der Waals surface area contributed by atoms with Gasteiger partial charge in [0.25, 0.3) is 5.91 Å². The molecule has 2 aromatic rings. The zero-order valence-corrected chi connectivity index (χ0v) is 12.2. The quantitative estimate of drug-likeness (QED) is 0.869. The Morgan fingerprint density at radius 2 is 1.80 bits per heavy atom. The van der Waals surface area contributed by atoms with E-state index in [4.69, 9.17) is 5.73 Å². The minimum Gasteiger partial charge on any atom is -0.398 e. The van der Waals surface area contributed by atoms with Crippen LogP contribution in [-0.4, -0.2) is 17.9 Å². The number of aryl methyl sites for hydroxylation is 1. The normalized spacial score (nSPS) is 10.3. The molecular weight excluding hydrogens is 248 g/mol. The van der Waals surface area contributed by atoms with Crippen molar-refractivity contribution in [2.75, 3.05) is 12.8 Å². The Morgan fingerprint density at radius 1 is 1.10 bits per heavy atom. The summed E-state index contributed by atoms with van der Waals surface area (Å²) < 4.78 is 0. The van der Waals surface area contributed by atoms with Gasteiger partial charge in [0, 0.05) is 24.8 Å². The molecule has 2 rings (SSSR count). The van der Waals surface area contributed by atoms with Crippen molar-refractivity contribution < 1.29 is 4.79 Å². The molecule has 0 aromatic heterocycles. The summed E-state index contributed by atoms with van der Waals surface area (Å²) >= 11 is 0. The van der Waals surface area contributed by atoms with Crippen LogP contribution in [0.4, 0.5) is 5.69 Å². The van der Waals surface area contributed by atoms with Crippen LogP contribution in [0.5, 0.6) is 0 Å². The molecule has 0 heterocycles. The fourth-order valence-electron chi connectivity index (χ4n) is 2.19. The van der Waals surface area contributed by atoms with Crippen LogP contribution in [-0.2, 0) is 6.54 Å². The number of rotatable bonds is 3. The van der Waals surface area contributed by atoms with E-state index in [2.05, 4.69) is 0 Å². The number of nitrogen functional groups attached to an aromatic ring is 1. The summed E-state index contributed by atoms with van der Waals surface area (Å²) in [5.41, 5.74) is 10.5. The van der Waals surface area contributed by atoms with Gasteiger partial charge in [0.05, 0.1) is 0 Å². The van der Waals surface area contributed by atoms with E-state index < -0.39 is 0 Å². The lowest BCUT2D eigenvalue weighted by molar-refractivity contribution is 0.0784. The Balaban J connectivity index is 2.21. The van der Waals surface area contributed by atoms with Crippen molar-refractivity contribution in [2.24, 2.45) is 0 Å². The van der Waals surface area contributed by atoms with Crippen LogP contribution < -0.4 is 5.73 Å². The monoisotopic (exact) mass is 268 g/mol. The van der Waals surface area contributed by atoms with Crippen molar-refractivity contribution in [3.05, 3.63) is 64.7 Å². The van der Waals surface area contributed by atoms with E-state index in [0.29, 0.717) is 12.2 Å². The summed E-state index contributed by atoms with van der Waals surface area (Å²) in [7, 11) is 1.80. The van der Waals surface area contributed by atoms with Crippen molar-refractivity contribution in [1.82, 2.24) is 4.90 Å². The average Bonchev–Trinajstić information content (AvgIpc) is 2.43. The second kappa shape index (κ2) is 5.78. The Hall–Kier alpha value is -2.29. The second-order valence-corrected chi connectivity index (χ2v) is 5.11. The summed E-state index contributed by atoms with van der Waals surface area (Å²) in [4.78, 5) is 14.2. The Labute approximate surface area is 120 Å². The highest BCUT2D eigenvalue weighted by atomic mass is 16.2. The van der Waals surface area contributed by atoms with Crippen molar-refractivity contribution in [1.29, 1.82) is 0 Å². The highest BCUT2D eigenvalue weighted by Gasteiger charge is 2.15. The van der Waals surface area contributed by atoms with Gasteiger partial charge in [0.2, 0.25) is 0 Å². The number of carbonyl (C=O) groups is 1. The minimum atomic E-state index is 0.0226. The fraction of sp³-hybridized carbons (Fsp3) is 0.235. The molecule has 3 heteroatoms. The molecule has 0 fully saturated rings. The third kappa shape index (κ3) is 2.82. The molecule has 0 aliphatic heterocycles. The number of hydrogen-bond acceptors (Lipinski definition) is 2. The predicted octanol–water partition coefficient (Wildman–Crippen LogP) is 3.16. The lowest BCUT2D eigenvalue weighted by Gasteiger charge is -2.20. The number of benzene rings is 2. The molecule has 0 aliphatic rings. The fourth-order valence-corrected chi connectivity index (χ4v) is 2.19. The largest absolute Gasteiger partial charge is 0.398 e. The molecule has 0 saturated carbocycles. The van der Waals surface area contributed by atoms with Crippen LogP contribution in [0.15, 0.2) is 42.5 Å². The summed E-state index contributed by atoms with van der Waals surface area (Å²) in [5.74, 6) is 0.0226. The number of anilines is 1. The third-order valence-corrected chi connectivity index (χ3v) is 3.64. The molecular formula is C17H20N2O. The Morgan fingerprint density at radius 3 is 2.50 bits per heavy atom.